The zero-order valence-corrected chi connectivity index (χ0v) is 12.4. The maximum absolute atomic E-state index is 12.2. The van der Waals surface area contributed by atoms with Crippen LogP contribution in [0.2, 0.25) is 0 Å². The molecule has 3 nitrogen and oxygen atoms in total. The van der Waals surface area contributed by atoms with E-state index in [9.17, 15) is 4.79 Å². The monoisotopic (exact) mass is 331 g/mol. The summed E-state index contributed by atoms with van der Waals surface area (Å²) in [4.78, 5) is 12.2. The number of carbonyl (C=O) groups excluding carboxylic acids is 1. The molecule has 0 aliphatic carbocycles. The fraction of sp³-hybridized carbons (Fsp3) is 0.188. The molecule has 1 heterocycles. The van der Waals surface area contributed by atoms with Crippen molar-refractivity contribution in [1.29, 1.82) is 0 Å². The summed E-state index contributed by atoms with van der Waals surface area (Å²) >= 11 is 3.41. The van der Waals surface area contributed by atoms with E-state index in [4.69, 9.17) is 4.74 Å². The second-order valence-corrected chi connectivity index (χ2v) is 5.27. The fourth-order valence-electron chi connectivity index (χ4n) is 2.26. The molecule has 0 spiro atoms. The molecular weight excluding hydrogens is 318 g/mol. The van der Waals surface area contributed by atoms with Gasteiger partial charge in [-0.25, -0.2) is 0 Å². The molecule has 2 aromatic carbocycles. The van der Waals surface area contributed by atoms with Crippen LogP contribution in [0.1, 0.15) is 21.5 Å². The zero-order valence-electron chi connectivity index (χ0n) is 10.9. The Balaban J connectivity index is 1.79. The Morgan fingerprint density at radius 2 is 2.15 bits per heavy atom. The Morgan fingerprint density at radius 3 is 3.00 bits per heavy atom. The van der Waals surface area contributed by atoms with Gasteiger partial charge < -0.3 is 10.1 Å². The van der Waals surface area contributed by atoms with Crippen LogP contribution < -0.4 is 10.1 Å². The molecule has 102 valence electrons. The predicted molar refractivity (Wildman–Crippen MR) is 82.7 cm³/mol. The molecule has 0 atom stereocenters. The number of alkyl halides is 1. The van der Waals surface area contributed by atoms with E-state index in [1.54, 1.807) is 6.07 Å². The van der Waals surface area contributed by atoms with Gasteiger partial charge in [-0.3, -0.25) is 4.79 Å². The van der Waals surface area contributed by atoms with Gasteiger partial charge in [-0.05, 0) is 41.5 Å². The highest BCUT2D eigenvalue weighted by Crippen LogP contribution is 2.26. The van der Waals surface area contributed by atoms with E-state index in [1.165, 1.54) is 0 Å². The molecule has 20 heavy (non-hydrogen) atoms. The van der Waals surface area contributed by atoms with Crippen LogP contribution in [0.4, 0.5) is 5.69 Å². The van der Waals surface area contributed by atoms with Crippen molar-refractivity contribution < 1.29 is 9.53 Å². The lowest BCUT2D eigenvalue weighted by atomic mass is 10.1. The van der Waals surface area contributed by atoms with E-state index >= 15 is 0 Å². The van der Waals surface area contributed by atoms with E-state index in [0.717, 1.165) is 34.3 Å². The highest BCUT2D eigenvalue weighted by atomic mass is 79.9. The third-order valence-electron chi connectivity index (χ3n) is 3.29. The number of hydrogen-bond donors (Lipinski definition) is 1. The van der Waals surface area contributed by atoms with Crippen molar-refractivity contribution in [2.75, 3.05) is 11.9 Å². The normalized spacial score (nSPS) is 12.7. The predicted octanol–water partition coefficient (Wildman–Crippen LogP) is 3.77. The summed E-state index contributed by atoms with van der Waals surface area (Å²) in [5.74, 6) is 0.800. The van der Waals surface area contributed by atoms with Crippen molar-refractivity contribution in [2.45, 2.75) is 11.8 Å². The smallest absolute Gasteiger partial charge is 0.255 e. The summed E-state index contributed by atoms with van der Waals surface area (Å²) in [5, 5.41) is 3.69. The highest BCUT2D eigenvalue weighted by Gasteiger charge is 2.15. The number of halogens is 1. The van der Waals surface area contributed by atoms with Gasteiger partial charge in [0.1, 0.15) is 5.75 Å². The van der Waals surface area contributed by atoms with Crippen LogP contribution in [0.25, 0.3) is 0 Å². The molecule has 0 bridgehead atoms. The van der Waals surface area contributed by atoms with E-state index in [0.29, 0.717) is 12.2 Å². The first-order valence-electron chi connectivity index (χ1n) is 6.48. The van der Waals surface area contributed by atoms with Gasteiger partial charge in [-0.15, -0.1) is 0 Å². The van der Waals surface area contributed by atoms with Crippen LogP contribution in [0.5, 0.6) is 5.75 Å². The maximum atomic E-state index is 12.2. The minimum atomic E-state index is -0.0913. The van der Waals surface area contributed by atoms with E-state index in [1.807, 2.05) is 36.4 Å². The van der Waals surface area contributed by atoms with Gasteiger partial charge in [0.15, 0.2) is 0 Å². The molecule has 0 fully saturated rings. The summed E-state index contributed by atoms with van der Waals surface area (Å²) in [7, 11) is 0. The number of anilines is 1. The van der Waals surface area contributed by atoms with Crippen molar-refractivity contribution in [3.8, 4) is 5.75 Å². The quantitative estimate of drug-likeness (QED) is 0.869. The molecule has 0 saturated heterocycles. The number of benzene rings is 2. The minimum absolute atomic E-state index is 0.0913. The molecule has 2 aromatic rings. The number of amides is 1. The van der Waals surface area contributed by atoms with Crippen molar-refractivity contribution >= 4 is 27.5 Å². The maximum Gasteiger partial charge on any atom is 0.255 e. The van der Waals surface area contributed by atoms with Crippen molar-refractivity contribution in [3.63, 3.8) is 0 Å². The fourth-order valence-corrected chi connectivity index (χ4v) is 2.61. The first-order chi connectivity index (χ1) is 9.76. The Labute approximate surface area is 126 Å². The molecule has 0 radical (unpaired) electrons. The van der Waals surface area contributed by atoms with Gasteiger partial charge >= 0.3 is 0 Å². The second kappa shape index (κ2) is 5.67. The van der Waals surface area contributed by atoms with Crippen LogP contribution in [0, 0.1) is 0 Å². The molecule has 0 saturated carbocycles. The molecule has 1 amide bonds. The van der Waals surface area contributed by atoms with Crippen molar-refractivity contribution in [1.82, 2.24) is 0 Å². The number of nitrogens with one attached hydrogen (secondary N) is 1. The number of carbonyl (C=O) groups is 1. The average Bonchev–Trinajstić information content (AvgIpc) is 2.94. The lowest BCUT2D eigenvalue weighted by molar-refractivity contribution is 0.102. The standard InChI is InChI=1S/C16H14BrNO2/c17-10-11-2-1-3-14(8-11)18-16(19)13-4-5-15-12(9-13)6-7-20-15/h1-5,8-9H,6-7,10H2,(H,18,19). The van der Waals surface area contributed by atoms with Crippen LogP contribution in [0.3, 0.4) is 0 Å². The van der Waals surface area contributed by atoms with Gasteiger partial charge in [0, 0.05) is 23.0 Å². The van der Waals surface area contributed by atoms with Crippen LogP contribution >= 0.6 is 15.9 Å². The molecule has 1 N–H and O–H groups in total. The van der Waals surface area contributed by atoms with Crippen LogP contribution in [-0.4, -0.2) is 12.5 Å². The number of rotatable bonds is 3. The SMILES string of the molecule is O=C(Nc1cccc(CBr)c1)c1ccc2c(c1)CCO2. The van der Waals surface area contributed by atoms with Gasteiger partial charge in [0.05, 0.1) is 6.61 Å². The zero-order chi connectivity index (χ0) is 13.9. The number of hydrogen-bond acceptors (Lipinski definition) is 2. The van der Waals surface area contributed by atoms with Gasteiger partial charge in [0.25, 0.3) is 5.91 Å². The number of ether oxygens (including phenoxy) is 1. The first-order valence-corrected chi connectivity index (χ1v) is 7.60. The summed E-state index contributed by atoms with van der Waals surface area (Å²) in [5.41, 5.74) is 3.71. The molecule has 1 aliphatic heterocycles. The largest absolute Gasteiger partial charge is 0.493 e. The molecule has 3 rings (SSSR count). The Bertz CT molecular complexity index is 655. The third-order valence-corrected chi connectivity index (χ3v) is 3.94. The highest BCUT2D eigenvalue weighted by molar-refractivity contribution is 9.08. The lowest BCUT2D eigenvalue weighted by Gasteiger charge is -2.07. The summed E-state index contributed by atoms with van der Waals surface area (Å²) < 4.78 is 5.44. The van der Waals surface area contributed by atoms with Crippen LogP contribution in [0.15, 0.2) is 42.5 Å². The molecule has 1 aliphatic rings. The van der Waals surface area contributed by atoms with Gasteiger partial charge in [-0.2, -0.15) is 0 Å². The molecular formula is C16H14BrNO2. The lowest BCUT2D eigenvalue weighted by Crippen LogP contribution is -2.12. The van der Waals surface area contributed by atoms with Crippen molar-refractivity contribution in [3.05, 3.63) is 59.2 Å². The second-order valence-electron chi connectivity index (χ2n) is 4.71. The topological polar surface area (TPSA) is 38.3 Å². The van der Waals surface area contributed by atoms with E-state index < -0.39 is 0 Å². The van der Waals surface area contributed by atoms with Gasteiger partial charge in [0.2, 0.25) is 0 Å². The van der Waals surface area contributed by atoms with E-state index in [2.05, 4.69) is 21.2 Å². The minimum Gasteiger partial charge on any atom is -0.493 e. The van der Waals surface area contributed by atoms with E-state index in [-0.39, 0.29) is 5.91 Å². The van der Waals surface area contributed by atoms with Crippen molar-refractivity contribution in [2.24, 2.45) is 0 Å². The molecule has 4 heteroatoms. The average molecular weight is 332 g/mol. The summed E-state index contributed by atoms with van der Waals surface area (Å²) in [6, 6.07) is 13.4. The van der Waals surface area contributed by atoms with Gasteiger partial charge in [-0.1, -0.05) is 28.1 Å². The molecule has 0 unspecified atom stereocenters. The molecule has 0 aromatic heterocycles. The first kappa shape index (κ1) is 13.2. The Morgan fingerprint density at radius 1 is 1.25 bits per heavy atom. The summed E-state index contributed by atoms with van der Waals surface area (Å²) in [6.07, 6.45) is 0.871. The Kier molecular flexibility index (Phi) is 3.74. The Hall–Kier alpha value is -1.81. The number of fused-ring (bicyclic) bond motifs is 1. The van der Waals surface area contributed by atoms with Crippen LogP contribution in [-0.2, 0) is 11.8 Å². The summed E-state index contributed by atoms with van der Waals surface area (Å²) in [6.45, 7) is 0.702. The third kappa shape index (κ3) is 2.70.